The fourth-order valence-electron chi connectivity index (χ4n) is 2.06. The summed E-state index contributed by atoms with van der Waals surface area (Å²) in [6.45, 7) is 5.24. The quantitative estimate of drug-likeness (QED) is 0.618. The van der Waals surface area contributed by atoms with Gasteiger partial charge in [-0.25, -0.2) is 4.79 Å². The van der Waals surface area contributed by atoms with Gasteiger partial charge in [-0.05, 0) is 6.42 Å². The van der Waals surface area contributed by atoms with Crippen LogP contribution in [-0.2, 0) is 11.2 Å². The van der Waals surface area contributed by atoms with Gasteiger partial charge in [-0.15, -0.1) is 0 Å². The molecule has 1 aliphatic rings. The van der Waals surface area contributed by atoms with E-state index in [1.54, 1.807) is 6.20 Å². The van der Waals surface area contributed by atoms with Gasteiger partial charge in [-0.3, -0.25) is 4.57 Å². The molecule has 7 heteroatoms. The molecule has 4 N–H and O–H groups in total. The molecule has 1 saturated heterocycles. The first-order chi connectivity index (χ1) is 8.99. The second-order valence-corrected chi connectivity index (χ2v) is 4.42. The Bertz CT molecular complexity index is 554. The molecule has 3 atom stereocenters. The van der Waals surface area contributed by atoms with Crippen molar-refractivity contribution >= 4 is 5.82 Å². The van der Waals surface area contributed by atoms with E-state index in [9.17, 15) is 9.90 Å². The monoisotopic (exact) mass is 267 g/mol. The van der Waals surface area contributed by atoms with Gasteiger partial charge in [-0.2, -0.15) is 4.98 Å². The number of anilines is 1. The van der Waals surface area contributed by atoms with Crippen LogP contribution in [0.2, 0.25) is 0 Å². The van der Waals surface area contributed by atoms with E-state index in [0.29, 0.717) is 17.6 Å². The van der Waals surface area contributed by atoms with Gasteiger partial charge >= 0.3 is 5.69 Å². The Morgan fingerprint density at radius 1 is 1.63 bits per heavy atom. The molecule has 1 aromatic rings. The zero-order chi connectivity index (χ0) is 14.2. The van der Waals surface area contributed by atoms with Crippen LogP contribution < -0.4 is 11.4 Å². The van der Waals surface area contributed by atoms with Crippen molar-refractivity contribution in [3.8, 4) is 0 Å². The van der Waals surface area contributed by atoms with Crippen molar-refractivity contribution < 1.29 is 14.9 Å². The lowest BCUT2D eigenvalue weighted by Gasteiger charge is -2.16. The summed E-state index contributed by atoms with van der Waals surface area (Å²) in [5.74, 6) is 0.187. The molecule has 2 rings (SSSR count). The normalized spacial score (nSPS) is 26.9. The van der Waals surface area contributed by atoms with Crippen LogP contribution in [0.4, 0.5) is 5.82 Å². The van der Waals surface area contributed by atoms with Crippen LogP contribution in [0.15, 0.2) is 23.1 Å². The molecule has 1 aromatic heterocycles. The minimum absolute atomic E-state index is 0.187. The van der Waals surface area contributed by atoms with Gasteiger partial charge in [0.05, 0.1) is 6.61 Å². The summed E-state index contributed by atoms with van der Waals surface area (Å²) < 4.78 is 6.66. The first-order valence-corrected chi connectivity index (χ1v) is 6.00. The molecule has 0 saturated carbocycles. The van der Waals surface area contributed by atoms with Gasteiger partial charge in [-0.1, -0.05) is 13.5 Å². The van der Waals surface area contributed by atoms with Crippen LogP contribution in [-0.4, -0.2) is 38.6 Å². The van der Waals surface area contributed by atoms with E-state index in [-0.39, 0.29) is 12.4 Å². The average molecular weight is 267 g/mol. The third-order valence-corrected chi connectivity index (χ3v) is 3.23. The van der Waals surface area contributed by atoms with Crippen molar-refractivity contribution in [2.45, 2.75) is 31.8 Å². The third kappa shape index (κ3) is 2.27. The van der Waals surface area contributed by atoms with Gasteiger partial charge in [0.15, 0.2) is 6.23 Å². The fraction of sp³-hybridized carbons (Fsp3) is 0.500. The Labute approximate surface area is 110 Å². The van der Waals surface area contributed by atoms with E-state index < -0.39 is 24.1 Å². The Kier molecular flexibility index (Phi) is 3.70. The first kappa shape index (κ1) is 13.7. The lowest BCUT2D eigenvalue weighted by Crippen LogP contribution is -2.29. The smallest absolute Gasteiger partial charge is 0.351 e. The Morgan fingerprint density at radius 2 is 2.32 bits per heavy atom. The second kappa shape index (κ2) is 5.12. The van der Waals surface area contributed by atoms with Crippen LogP contribution in [0.5, 0.6) is 0 Å². The molecule has 0 unspecified atom stereocenters. The Hall–Kier alpha value is -1.70. The maximum atomic E-state index is 11.8. The summed E-state index contributed by atoms with van der Waals surface area (Å²) in [6.07, 6.45) is -0.466. The summed E-state index contributed by atoms with van der Waals surface area (Å²) in [4.78, 5) is 15.6. The predicted molar refractivity (Wildman–Crippen MR) is 68.4 cm³/mol. The molecule has 0 bridgehead atoms. The van der Waals surface area contributed by atoms with Crippen LogP contribution in [0.3, 0.4) is 0 Å². The maximum Gasteiger partial charge on any atom is 0.351 e. The van der Waals surface area contributed by atoms with Crippen molar-refractivity contribution in [1.82, 2.24) is 9.55 Å². The molecule has 104 valence electrons. The Balaban J connectivity index is 2.43. The van der Waals surface area contributed by atoms with E-state index in [4.69, 9.17) is 15.6 Å². The third-order valence-electron chi connectivity index (χ3n) is 3.23. The topological polar surface area (TPSA) is 111 Å². The number of rotatable bonds is 3. The molecule has 0 radical (unpaired) electrons. The summed E-state index contributed by atoms with van der Waals surface area (Å²) >= 11 is 0. The molecule has 0 aliphatic carbocycles. The maximum absolute atomic E-state index is 11.8. The first-order valence-electron chi connectivity index (χ1n) is 6.00. The highest BCUT2D eigenvalue weighted by atomic mass is 16.5. The van der Waals surface area contributed by atoms with E-state index in [0.717, 1.165) is 0 Å². The number of nitrogen functional groups attached to an aromatic ring is 1. The molecule has 1 aliphatic heterocycles. The zero-order valence-corrected chi connectivity index (χ0v) is 10.6. The Morgan fingerprint density at radius 3 is 2.84 bits per heavy atom. The molecule has 0 spiro atoms. The highest BCUT2D eigenvalue weighted by Gasteiger charge is 2.38. The van der Waals surface area contributed by atoms with Crippen molar-refractivity contribution in [1.29, 1.82) is 0 Å². The zero-order valence-electron chi connectivity index (χ0n) is 10.6. The van der Waals surface area contributed by atoms with Crippen molar-refractivity contribution in [3.05, 3.63) is 34.4 Å². The van der Waals surface area contributed by atoms with E-state index >= 15 is 0 Å². The SMILES string of the molecule is C=C1[C@H](n2cc(CC)c(N)nc2=O)O[C@H](CO)[C@H]1O. The van der Waals surface area contributed by atoms with Crippen molar-refractivity contribution in [3.63, 3.8) is 0 Å². The van der Waals surface area contributed by atoms with E-state index in [1.165, 1.54) is 4.57 Å². The highest BCUT2D eigenvalue weighted by Crippen LogP contribution is 2.32. The number of hydrogen-bond donors (Lipinski definition) is 3. The number of aliphatic hydroxyl groups excluding tert-OH is 2. The van der Waals surface area contributed by atoms with Gasteiger partial charge in [0.2, 0.25) is 0 Å². The molecule has 0 aromatic carbocycles. The van der Waals surface area contributed by atoms with Crippen LogP contribution in [0, 0.1) is 0 Å². The molecular weight excluding hydrogens is 250 g/mol. The summed E-state index contributed by atoms with van der Waals surface area (Å²) in [5.41, 5.74) is 6.08. The van der Waals surface area contributed by atoms with Gasteiger partial charge in [0, 0.05) is 17.3 Å². The molecular formula is C12H17N3O4. The lowest BCUT2D eigenvalue weighted by molar-refractivity contribution is -0.0447. The molecule has 7 nitrogen and oxygen atoms in total. The average Bonchev–Trinajstić information content (AvgIpc) is 2.67. The summed E-state index contributed by atoms with van der Waals surface area (Å²) in [6, 6.07) is 0. The summed E-state index contributed by atoms with van der Waals surface area (Å²) in [5, 5.41) is 18.9. The van der Waals surface area contributed by atoms with Crippen LogP contribution >= 0.6 is 0 Å². The second-order valence-electron chi connectivity index (χ2n) is 4.42. The van der Waals surface area contributed by atoms with Crippen molar-refractivity contribution in [2.75, 3.05) is 12.3 Å². The van der Waals surface area contributed by atoms with Crippen molar-refractivity contribution in [2.24, 2.45) is 0 Å². The summed E-state index contributed by atoms with van der Waals surface area (Å²) in [7, 11) is 0. The minimum atomic E-state index is -1.01. The standard InChI is InChI=1S/C12H17N3O4/c1-3-7-4-15(12(18)14-10(7)13)11-6(2)9(17)8(5-16)19-11/h4,8-9,11,16-17H,2-3,5H2,1H3,(H2,13,14,18)/t8-,9+,11-/m1/s1. The fourth-order valence-corrected chi connectivity index (χ4v) is 2.06. The number of aromatic nitrogens is 2. The van der Waals surface area contributed by atoms with Crippen LogP contribution in [0.1, 0.15) is 18.7 Å². The van der Waals surface area contributed by atoms with E-state index in [1.807, 2.05) is 6.92 Å². The number of nitrogens with zero attached hydrogens (tertiary/aromatic N) is 2. The molecule has 1 fully saturated rings. The lowest BCUT2D eigenvalue weighted by atomic mass is 10.1. The predicted octanol–water partition coefficient (Wildman–Crippen LogP) is -0.805. The largest absolute Gasteiger partial charge is 0.394 e. The molecule has 2 heterocycles. The molecule has 0 amide bonds. The van der Waals surface area contributed by atoms with Gasteiger partial charge in [0.25, 0.3) is 0 Å². The van der Waals surface area contributed by atoms with Crippen LogP contribution in [0.25, 0.3) is 0 Å². The number of nitrogens with two attached hydrogens (primary N) is 1. The number of ether oxygens (including phenoxy) is 1. The number of aliphatic hydroxyl groups is 2. The van der Waals surface area contributed by atoms with Gasteiger partial charge < -0.3 is 20.7 Å². The number of aryl methyl sites for hydroxylation is 1. The highest BCUT2D eigenvalue weighted by molar-refractivity contribution is 5.37. The number of hydrogen-bond acceptors (Lipinski definition) is 6. The van der Waals surface area contributed by atoms with Gasteiger partial charge in [0.1, 0.15) is 18.0 Å². The van der Waals surface area contributed by atoms with E-state index in [2.05, 4.69) is 11.6 Å². The molecule has 19 heavy (non-hydrogen) atoms. The minimum Gasteiger partial charge on any atom is -0.394 e.